The average Bonchev–Trinajstić information content (AvgIpc) is 3.19. The van der Waals surface area contributed by atoms with Crippen molar-refractivity contribution in [3.63, 3.8) is 0 Å². The zero-order chi connectivity index (χ0) is 26.8. The molecule has 0 saturated carbocycles. The number of alkyl halides is 3. The highest BCUT2D eigenvalue weighted by Crippen LogP contribution is 2.33. The second-order valence-corrected chi connectivity index (χ2v) is 9.13. The van der Waals surface area contributed by atoms with Crippen molar-refractivity contribution < 1.29 is 32.7 Å². The van der Waals surface area contributed by atoms with Crippen molar-refractivity contribution in [2.45, 2.75) is 70.0 Å². The van der Waals surface area contributed by atoms with Crippen molar-refractivity contribution in [1.82, 2.24) is 20.2 Å². The molecular weight excluding hydrogens is 491 g/mol. The standard InChI is InChI=1S/C25H32F3N5O4/c26-25(27,28)17-9-10-19-18(15-17)23(31-16-30-19)32-20-11-13-33(24(20)37)14-12-29-21(34)7-5-3-1-2-4-6-8-22(35)36/h9-10,15-16,20H,1-8,11-14H2,(H,29,34)(H,35,36)(H,30,31,32)/t20-/m0/s1. The van der Waals surface area contributed by atoms with E-state index in [2.05, 4.69) is 20.6 Å². The summed E-state index contributed by atoms with van der Waals surface area (Å²) in [6.45, 7) is 1.12. The lowest BCUT2D eigenvalue weighted by atomic mass is 10.1. The summed E-state index contributed by atoms with van der Waals surface area (Å²) in [6.07, 6.45) is 2.91. The SMILES string of the molecule is O=C(O)CCCCCCCCC(=O)NCCN1CC[C@H](Nc2ncnc3ccc(C(F)(F)F)cc23)C1=O. The number of carboxylic acid groups (broad SMARTS) is 1. The minimum absolute atomic E-state index is 0.0832. The number of hydrogen-bond acceptors (Lipinski definition) is 6. The van der Waals surface area contributed by atoms with Crippen LogP contribution in [0.25, 0.3) is 10.9 Å². The van der Waals surface area contributed by atoms with Crippen LogP contribution >= 0.6 is 0 Å². The Morgan fingerprint density at radius 2 is 1.76 bits per heavy atom. The van der Waals surface area contributed by atoms with Gasteiger partial charge in [0.2, 0.25) is 11.8 Å². The lowest BCUT2D eigenvalue weighted by Gasteiger charge is -2.18. The van der Waals surface area contributed by atoms with Crippen LogP contribution in [0.5, 0.6) is 0 Å². The lowest BCUT2D eigenvalue weighted by Crippen LogP contribution is -2.39. The van der Waals surface area contributed by atoms with Crippen LogP contribution in [0.1, 0.15) is 63.4 Å². The Morgan fingerprint density at radius 1 is 1.05 bits per heavy atom. The predicted molar refractivity (Wildman–Crippen MR) is 131 cm³/mol. The highest BCUT2D eigenvalue weighted by atomic mass is 19.4. The highest BCUT2D eigenvalue weighted by molar-refractivity contribution is 5.93. The van der Waals surface area contributed by atoms with Gasteiger partial charge in [0.1, 0.15) is 18.2 Å². The molecule has 2 amide bonds. The number of benzene rings is 1. The van der Waals surface area contributed by atoms with Gasteiger partial charge in [0.05, 0.1) is 11.1 Å². The molecule has 202 valence electrons. The van der Waals surface area contributed by atoms with Gasteiger partial charge in [-0.3, -0.25) is 14.4 Å². The van der Waals surface area contributed by atoms with Crippen molar-refractivity contribution in [3.8, 4) is 0 Å². The molecule has 2 heterocycles. The fourth-order valence-corrected chi connectivity index (χ4v) is 4.30. The van der Waals surface area contributed by atoms with E-state index >= 15 is 0 Å². The number of nitrogens with one attached hydrogen (secondary N) is 2. The quantitative estimate of drug-likeness (QED) is 0.320. The molecule has 0 spiro atoms. The fourth-order valence-electron chi connectivity index (χ4n) is 4.30. The number of hydrogen-bond donors (Lipinski definition) is 3. The maximum absolute atomic E-state index is 13.1. The first-order chi connectivity index (χ1) is 17.6. The molecule has 0 bridgehead atoms. The average molecular weight is 524 g/mol. The Bertz CT molecular complexity index is 1100. The molecular formula is C25H32F3N5O4. The van der Waals surface area contributed by atoms with Crippen molar-refractivity contribution in [1.29, 1.82) is 0 Å². The third-order valence-corrected chi connectivity index (χ3v) is 6.32. The number of carboxylic acids is 1. The fraction of sp³-hybridized carbons (Fsp3) is 0.560. The molecule has 1 aliphatic heterocycles. The smallest absolute Gasteiger partial charge is 0.416 e. The molecule has 1 aromatic heterocycles. The molecule has 0 aliphatic carbocycles. The van der Waals surface area contributed by atoms with E-state index in [0.29, 0.717) is 44.4 Å². The van der Waals surface area contributed by atoms with E-state index in [0.717, 1.165) is 44.2 Å². The molecule has 0 radical (unpaired) electrons. The first kappa shape index (κ1) is 28.1. The van der Waals surface area contributed by atoms with Gasteiger partial charge in [-0.2, -0.15) is 13.2 Å². The van der Waals surface area contributed by atoms with Gasteiger partial charge in [0.15, 0.2) is 0 Å². The third kappa shape index (κ3) is 8.57. The summed E-state index contributed by atoms with van der Waals surface area (Å²) in [7, 11) is 0. The summed E-state index contributed by atoms with van der Waals surface area (Å²) in [5, 5.41) is 14.6. The lowest BCUT2D eigenvalue weighted by molar-refractivity contribution is -0.138. The number of nitrogens with zero attached hydrogens (tertiary/aromatic N) is 3. The van der Waals surface area contributed by atoms with E-state index in [-0.39, 0.29) is 29.4 Å². The van der Waals surface area contributed by atoms with Gasteiger partial charge in [0, 0.05) is 37.9 Å². The highest BCUT2D eigenvalue weighted by Gasteiger charge is 2.33. The van der Waals surface area contributed by atoms with Crippen LogP contribution in [0.15, 0.2) is 24.5 Å². The number of carbonyl (C=O) groups is 3. The maximum atomic E-state index is 13.1. The van der Waals surface area contributed by atoms with Gasteiger partial charge in [-0.05, 0) is 37.5 Å². The number of aromatic nitrogens is 2. The van der Waals surface area contributed by atoms with Crippen LogP contribution in [0.3, 0.4) is 0 Å². The number of halogens is 3. The molecule has 1 atom stereocenters. The van der Waals surface area contributed by atoms with E-state index in [1.165, 1.54) is 12.4 Å². The summed E-state index contributed by atoms with van der Waals surface area (Å²) in [5.41, 5.74) is -0.475. The molecule has 1 aromatic carbocycles. The molecule has 3 N–H and O–H groups in total. The molecule has 2 aromatic rings. The zero-order valence-electron chi connectivity index (χ0n) is 20.5. The molecule has 3 rings (SSSR count). The summed E-state index contributed by atoms with van der Waals surface area (Å²) in [4.78, 5) is 45.0. The number of carbonyl (C=O) groups excluding carboxylic acids is 2. The van der Waals surface area contributed by atoms with Crippen molar-refractivity contribution in [2.75, 3.05) is 25.0 Å². The van der Waals surface area contributed by atoms with Crippen LogP contribution in [-0.2, 0) is 20.6 Å². The molecule has 1 fully saturated rings. The van der Waals surface area contributed by atoms with Crippen molar-refractivity contribution in [2.24, 2.45) is 0 Å². The Labute approximate surface area is 212 Å². The summed E-state index contributed by atoms with van der Waals surface area (Å²) in [5.74, 6) is -0.885. The minimum atomic E-state index is -4.50. The molecule has 1 saturated heterocycles. The first-order valence-corrected chi connectivity index (χ1v) is 12.5. The number of aliphatic carboxylic acids is 1. The van der Waals surface area contributed by atoms with Crippen molar-refractivity contribution in [3.05, 3.63) is 30.1 Å². The number of fused-ring (bicyclic) bond motifs is 1. The van der Waals surface area contributed by atoms with Crippen LogP contribution in [0.2, 0.25) is 0 Å². The Morgan fingerprint density at radius 3 is 2.46 bits per heavy atom. The van der Waals surface area contributed by atoms with Gasteiger partial charge in [-0.15, -0.1) is 0 Å². The van der Waals surface area contributed by atoms with E-state index in [1.807, 2.05) is 0 Å². The normalized spacial score (nSPS) is 15.8. The van der Waals surface area contributed by atoms with Crippen LogP contribution in [-0.4, -0.2) is 63.4 Å². The van der Waals surface area contributed by atoms with E-state index in [4.69, 9.17) is 5.11 Å². The van der Waals surface area contributed by atoms with Gasteiger partial charge in [-0.25, -0.2) is 9.97 Å². The summed E-state index contributed by atoms with van der Waals surface area (Å²) >= 11 is 0. The second-order valence-electron chi connectivity index (χ2n) is 9.13. The van der Waals surface area contributed by atoms with E-state index in [9.17, 15) is 27.6 Å². The Balaban J connectivity index is 1.39. The number of rotatable bonds is 14. The molecule has 1 aliphatic rings. The first-order valence-electron chi connectivity index (χ1n) is 12.5. The van der Waals surface area contributed by atoms with Crippen LogP contribution < -0.4 is 10.6 Å². The Hall–Kier alpha value is -3.44. The minimum Gasteiger partial charge on any atom is -0.481 e. The van der Waals surface area contributed by atoms with Gasteiger partial charge in [-0.1, -0.05) is 25.7 Å². The monoisotopic (exact) mass is 523 g/mol. The largest absolute Gasteiger partial charge is 0.481 e. The van der Waals surface area contributed by atoms with E-state index in [1.54, 1.807) is 4.90 Å². The summed E-state index contributed by atoms with van der Waals surface area (Å²) in [6, 6.07) is 2.59. The Kier molecular flexibility index (Phi) is 10.0. The van der Waals surface area contributed by atoms with Crippen LogP contribution in [0, 0.1) is 0 Å². The zero-order valence-corrected chi connectivity index (χ0v) is 20.5. The van der Waals surface area contributed by atoms with Gasteiger partial charge < -0.3 is 20.6 Å². The van der Waals surface area contributed by atoms with Crippen LogP contribution in [0.4, 0.5) is 19.0 Å². The molecule has 9 nitrogen and oxygen atoms in total. The topological polar surface area (TPSA) is 125 Å². The maximum Gasteiger partial charge on any atom is 0.416 e. The number of unbranched alkanes of at least 4 members (excludes halogenated alkanes) is 5. The van der Waals surface area contributed by atoms with Gasteiger partial charge >= 0.3 is 12.1 Å². The van der Waals surface area contributed by atoms with E-state index < -0.39 is 23.8 Å². The molecule has 0 unspecified atom stereocenters. The number of anilines is 1. The van der Waals surface area contributed by atoms with Gasteiger partial charge in [0.25, 0.3) is 0 Å². The number of likely N-dealkylation sites (tertiary alicyclic amines) is 1. The summed E-state index contributed by atoms with van der Waals surface area (Å²) < 4.78 is 39.4. The molecule has 12 heteroatoms. The third-order valence-electron chi connectivity index (χ3n) is 6.32. The number of amides is 2. The predicted octanol–water partition coefficient (Wildman–Crippen LogP) is 3.98. The molecule has 37 heavy (non-hydrogen) atoms. The van der Waals surface area contributed by atoms with Crippen molar-refractivity contribution >= 4 is 34.5 Å². The second kappa shape index (κ2) is 13.2.